The van der Waals surface area contributed by atoms with Crippen LogP contribution in [0.2, 0.25) is 0 Å². The lowest BCUT2D eigenvalue weighted by Crippen LogP contribution is -2.38. The second-order valence-electron chi connectivity index (χ2n) is 6.69. The van der Waals surface area contributed by atoms with Gasteiger partial charge in [0.25, 0.3) is 0 Å². The Hall–Kier alpha value is -2.08. The van der Waals surface area contributed by atoms with Gasteiger partial charge < -0.3 is 9.64 Å². The Bertz CT molecular complexity index is 636. The number of halogens is 1. The second kappa shape index (κ2) is 9.57. The molecule has 0 bridgehead atoms. The first-order valence-electron chi connectivity index (χ1n) is 9.11. The molecular formula is C20H26FNO4. The molecule has 1 atom stereocenters. The molecule has 0 saturated carbocycles. The van der Waals surface area contributed by atoms with Gasteiger partial charge >= 0.3 is 5.97 Å². The summed E-state index contributed by atoms with van der Waals surface area (Å²) in [4.78, 5) is 38.2. The number of benzene rings is 1. The van der Waals surface area contributed by atoms with Crippen LogP contribution in [0.25, 0.3) is 0 Å². The van der Waals surface area contributed by atoms with Crippen molar-refractivity contribution >= 4 is 17.5 Å². The number of Topliss-reactive ketones (excluding diaryl/α,β-unsaturated/α-hetero) is 2. The molecule has 0 spiro atoms. The average molecular weight is 363 g/mol. The van der Waals surface area contributed by atoms with E-state index in [1.807, 2.05) is 0 Å². The summed E-state index contributed by atoms with van der Waals surface area (Å²) >= 11 is 0. The first-order chi connectivity index (χ1) is 12.4. The molecule has 0 aliphatic carbocycles. The van der Waals surface area contributed by atoms with E-state index in [1.165, 1.54) is 31.2 Å². The lowest BCUT2D eigenvalue weighted by molar-refractivity contribution is -0.151. The van der Waals surface area contributed by atoms with Crippen molar-refractivity contribution in [3.05, 3.63) is 35.6 Å². The smallest absolute Gasteiger partial charge is 0.316 e. The molecule has 0 amide bonds. The van der Waals surface area contributed by atoms with Gasteiger partial charge in [0, 0.05) is 11.5 Å². The van der Waals surface area contributed by atoms with Crippen LogP contribution in [0, 0.1) is 17.7 Å². The Labute approximate surface area is 153 Å². The zero-order chi connectivity index (χ0) is 19.1. The van der Waals surface area contributed by atoms with Crippen LogP contribution in [0.1, 0.15) is 43.5 Å². The third-order valence-corrected chi connectivity index (χ3v) is 4.88. The number of hydrogen-bond acceptors (Lipinski definition) is 5. The van der Waals surface area contributed by atoms with Gasteiger partial charge in [-0.05, 0) is 77.0 Å². The molecule has 6 heteroatoms. The van der Waals surface area contributed by atoms with Crippen LogP contribution >= 0.6 is 0 Å². The molecule has 2 rings (SSSR count). The standard InChI is InChI=1S/C20H26FNO4/c1-3-26-20(25)18(14(2)23)10-13-22-11-8-16(9-12-22)19(24)15-4-6-17(21)7-5-15/h4-7,16,18H,3,8-13H2,1-2H3. The summed E-state index contributed by atoms with van der Waals surface area (Å²) in [5.74, 6) is -1.71. The third kappa shape index (κ3) is 5.46. The number of piperidine rings is 1. The van der Waals surface area contributed by atoms with E-state index in [2.05, 4.69) is 4.90 Å². The van der Waals surface area contributed by atoms with Gasteiger partial charge in [-0.25, -0.2) is 4.39 Å². The number of ether oxygens (including phenoxy) is 1. The molecule has 1 heterocycles. The van der Waals surface area contributed by atoms with Gasteiger partial charge in [0.15, 0.2) is 5.78 Å². The molecule has 0 N–H and O–H groups in total. The van der Waals surface area contributed by atoms with Crippen LogP contribution in [-0.2, 0) is 14.3 Å². The van der Waals surface area contributed by atoms with Crippen molar-refractivity contribution in [2.24, 2.45) is 11.8 Å². The van der Waals surface area contributed by atoms with E-state index in [0.29, 0.717) is 18.5 Å². The number of hydrogen-bond donors (Lipinski definition) is 0. The Morgan fingerprint density at radius 1 is 1.19 bits per heavy atom. The van der Waals surface area contributed by atoms with Gasteiger partial charge in [-0.15, -0.1) is 0 Å². The van der Waals surface area contributed by atoms with Crippen molar-refractivity contribution in [3.63, 3.8) is 0 Å². The Kier molecular flexibility index (Phi) is 7.45. The van der Waals surface area contributed by atoms with Crippen LogP contribution in [-0.4, -0.2) is 48.7 Å². The molecule has 1 aliphatic heterocycles. The van der Waals surface area contributed by atoms with Crippen molar-refractivity contribution in [1.82, 2.24) is 4.90 Å². The maximum atomic E-state index is 13.0. The molecule has 5 nitrogen and oxygen atoms in total. The van der Waals surface area contributed by atoms with E-state index in [0.717, 1.165) is 25.9 Å². The summed E-state index contributed by atoms with van der Waals surface area (Å²) in [6.45, 7) is 5.50. The van der Waals surface area contributed by atoms with Gasteiger partial charge in [-0.3, -0.25) is 14.4 Å². The Morgan fingerprint density at radius 3 is 2.35 bits per heavy atom. The number of rotatable bonds is 8. The van der Waals surface area contributed by atoms with E-state index < -0.39 is 11.9 Å². The summed E-state index contributed by atoms with van der Waals surface area (Å²) in [5.41, 5.74) is 0.545. The highest BCUT2D eigenvalue weighted by atomic mass is 19.1. The van der Waals surface area contributed by atoms with Crippen LogP contribution in [0.3, 0.4) is 0 Å². The second-order valence-corrected chi connectivity index (χ2v) is 6.69. The molecular weight excluding hydrogens is 337 g/mol. The van der Waals surface area contributed by atoms with Crippen molar-refractivity contribution in [1.29, 1.82) is 0 Å². The number of carbonyl (C=O) groups is 3. The fourth-order valence-corrected chi connectivity index (χ4v) is 3.31. The maximum absolute atomic E-state index is 13.0. The molecule has 1 aromatic rings. The van der Waals surface area contributed by atoms with Gasteiger partial charge in [-0.2, -0.15) is 0 Å². The van der Waals surface area contributed by atoms with E-state index >= 15 is 0 Å². The van der Waals surface area contributed by atoms with Crippen LogP contribution < -0.4 is 0 Å². The van der Waals surface area contributed by atoms with Crippen LogP contribution in [0.4, 0.5) is 4.39 Å². The minimum Gasteiger partial charge on any atom is -0.465 e. The van der Waals surface area contributed by atoms with Gasteiger partial charge in [0.2, 0.25) is 0 Å². The zero-order valence-electron chi connectivity index (χ0n) is 15.4. The highest BCUT2D eigenvalue weighted by molar-refractivity contribution is 5.98. The van der Waals surface area contributed by atoms with Crippen molar-refractivity contribution < 1.29 is 23.5 Å². The molecule has 1 saturated heterocycles. The first kappa shape index (κ1) is 20.2. The monoisotopic (exact) mass is 363 g/mol. The molecule has 1 aliphatic rings. The van der Waals surface area contributed by atoms with Gasteiger partial charge in [-0.1, -0.05) is 0 Å². The lowest BCUT2D eigenvalue weighted by Gasteiger charge is -2.31. The van der Waals surface area contributed by atoms with Crippen molar-refractivity contribution in [3.8, 4) is 0 Å². The lowest BCUT2D eigenvalue weighted by atomic mass is 9.88. The van der Waals surface area contributed by atoms with Gasteiger partial charge in [0.05, 0.1) is 6.61 Å². The SMILES string of the molecule is CCOC(=O)C(CCN1CCC(C(=O)c2ccc(F)cc2)CC1)C(C)=O. The zero-order valence-corrected chi connectivity index (χ0v) is 15.4. The quantitative estimate of drug-likeness (QED) is 0.404. The molecule has 1 unspecified atom stereocenters. The number of carbonyl (C=O) groups excluding carboxylic acids is 3. The first-order valence-corrected chi connectivity index (χ1v) is 9.11. The summed E-state index contributed by atoms with van der Waals surface area (Å²) < 4.78 is 17.9. The number of ketones is 2. The molecule has 0 aromatic heterocycles. The van der Waals surface area contributed by atoms with Crippen LogP contribution in [0.15, 0.2) is 24.3 Å². The molecule has 26 heavy (non-hydrogen) atoms. The molecule has 1 aromatic carbocycles. The minimum absolute atomic E-state index is 0.0535. The average Bonchev–Trinajstić information content (AvgIpc) is 2.62. The van der Waals surface area contributed by atoms with Gasteiger partial charge in [0.1, 0.15) is 17.5 Å². The highest BCUT2D eigenvalue weighted by Gasteiger charge is 2.28. The van der Waals surface area contributed by atoms with Crippen LogP contribution in [0.5, 0.6) is 0 Å². The van der Waals surface area contributed by atoms with E-state index in [1.54, 1.807) is 6.92 Å². The van der Waals surface area contributed by atoms with E-state index in [9.17, 15) is 18.8 Å². The number of likely N-dealkylation sites (tertiary alicyclic amines) is 1. The third-order valence-electron chi connectivity index (χ3n) is 4.88. The predicted octanol–water partition coefficient (Wildman–Crippen LogP) is 2.88. The van der Waals surface area contributed by atoms with Crippen molar-refractivity contribution in [2.75, 3.05) is 26.2 Å². The largest absolute Gasteiger partial charge is 0.465 e. The van der Waals surface area contributed by atoms with Crippen molar-refractivity contribution in [2.45, 2.75) is 33.1 Å². The summed E-state index contributed by atoms with van der Waals surface area (Å²) in [5, 5.41) is 0. The topological polar surface area (TPSA) is 63.7 Å². The molecule has 142 valence electrons. The maximum Gasteiger partial charge on any atom is 0.316 e. The molecule has 0 radical (unpaired) electrons. The fourth-order valence-electron chi connectivity index (χ4n) is 3.31. The normalized spacial score (nSPS) is 16.9. The predicted molar refractivity (Wildman–Crippen MR) is 95.3 cm³/mol. The number of esters is 1. The summed E-state index contributed by atoms with van der Waals surface area (Å²) in [6, 6.07) is 5.67. The van der Waals surface area contributed by atoms with E-state index in [-0.39, 0.29) is 29.9 Å². The summed E-state index contributed by atoms with van der Waals surface area (Å²) in [6.07, 6.45) is 1.88. The number of nitrogens with zero attached hydrogens (tertiary/aromatic N) is 1. The van der Waals surface area contributed by atoms with E-state index in [4.69, 9.17) is 4.74 Å². The Balaban J connectivity index is 1.82. The molecule has 1 fully saturated rings. The summed E-state index contributed by atoms with van der Waals surface area (Å²) in [7, 11) is 0. The fraction of sp³-hybridized carbons (Fsp3) is 0.550. The Morgan fingerprint density at radius 2 is 1.81 bits per heavy atom. The highest BCUT2D eigenvalue weighted by Crippen LogP contribution is 2.23. The minimum atomic E-state index is -0.714.